The summed E-state index contributed by atoms with van der Waals surface area (Å²) in [6.45, 7) is 2.82. The van der Waals surface area contributed by atoms with Gasteiger partial charge in [0.1, 0.15) is 17.7 Å². The van der Waals surface area contributed by atoms with Crippen molar-refractivity contribution in [2.24, 2.45) is 4.99 Å². The minimum absolute atomic E-state index is 0.0859. The average Bonchev–Trinajstić information content (AvgIpc) is 2.77. The molecule has 3 rings (SSSR count). The lowest BCUT2D eigenvalue weighted by atomic mass is 10.1. The SMILES string of the molecule is CN=C(NCCNC(=O)Cc1ccc(F)cc1)N1CCC(Oc2ccccc2)CC1. The molecule has 1 aliphatic heterocycles. The van der Waals surface area contributed by atoms with Crippen LogP contribution in [-0.4, -0.2) is 56.1 Å². The molecule has 0 saturated carbocycles. The van der Waals surface area contributed by atoms with E-state index in [2.05, 4.69) is 20.5 Å². The molecule has 1 saturated heterocycles. The number of ether oxygens (including phenoxy) is 1. The Labute approximate surface area is 177 Å². The number of nitrogens with one attached hydrogen (secondary N) is 2. The van der Waals surface area contributed by atoms with Gasteiger partial charge in [0.25, 0.3) is 0 Å². The van der Waals surface area contributed by atoms with Gasteiger partial charge in [0.15, 0.2) is 5.96 Å². The summed E-state index contributed by atoms with van der Waals surface area (Å²) in [5, 5.41) is 6.17. The second-order valence-electron chi connectivity index (χ2n) is 7.24. The summed E-state index contributed by atoms with van der Waals surface area (Å²) in [5.74, 6) is 1.36. The number of hydrogen-bond acceptors (Lipinski definition) is 3. The predicted molar refractivity (Wildman–Crippen MR) is 116 cm³/mol. The Morgan fingerprint density at radius 3 is 2.40 bits per heavy atom. The Kier molecular flexibility index (Phi) is 8.06. The van der Waals surface area contributed by atoms with E-state index < -0.39 is 0 Å². The van der Waals surface area contributed by atoms with Crippen LogP contribution in [0.3, 0.4) is 0 Å². The minimum Gasteiger partial charge on any atom is -0.490 e. The Balaban J connectivity index is 1.34. The molecule has 0 radical (unpaired) electrons. The molecule has 1 amide bonds. The molecule has 160 valence electrons. The molecule has 0 aliphatic carbocycles. The molecule has 1 heterocycles. The predicted octanol–water partition coefficient (Wildman–Crippen LogP) is 2.60. The van der Waals surface area contributed by atoms with Crippen molar-refractivity contribution in [1.29, 1.82) is 0 Å². The Morgan fingerprint density at radius 2 is 1.73 bits per heavy atom. The second-order valence-corrected chi connectivity index (χ2v) is 7.24. The fraction of sp³-hybridized carbons (Fsp3) is 0.391. The van der Waals surface area contributed by atoms with Crippen molar-refractivity contribution in [3.05, 3.63) is 66.0 Å². The molecular weight excluding hydrogens is 383 g/mol. The van der Waals surface area contributed by atoms with E-state index in [0.717, 1.165) is 43.2 Å². The summed E-state index contributed by atoms with van der Waals surface area (Å²) in [4.78, 5) is 18.6. The van der Waals surface area contributed by atoms with Crippen molar-refractivity contribution < 1.29 is 13.9 Å². The summed E-state index contributed by atoms with van der Waals surface area (Å²) in [6.07, 6.45) is 2.32. The van der Waals surface area contributed by atoms with Gasteiger partial charge in [0, 0.05) is 46.1 Å². The first-order valence-corrected chi connectivity index (χ1v) is 10.3. The fourth-order valence-electron chi connectivity index (χ4n) is 3.44. The van der Waals surface area contributed by atoms with Crippen LogP contribution in [0.2, 0.25) is 0 Å². The number of amides is 1. The molecule has 0 aromatic heterocycles. The van der Waals surface area contributed by atoms with Gasteiger partial charge in [-0.25, -0.2) is 4.39 Å². The molecule has 2 aromatic carbocycles. The number of halogens is 1. The third-order valence-electron chi connectivity index (χ3n) is 5.01. The molecule has 6 nitrogen and oxygen atoms in total. The van der Waals surface area contributed by atoms with Gasteiger partial charge >= 0.3 is 0 Å². The first kappa shape index (κ1) is 21.6. The molecule has 1 fully saturated rings. The standard InChI is InChI=1S/C23H29FN4O2/c1-25-23(27-14-13-26-22(29)17-18-7-9-19(24)10-8-18)28-15-11-21(12-16-28)30-20-5-3-2-4-6-20/h2-10,21H,11-17H2,1H3,(H,25,27)(H,26,29). The van der Waals surface area contributed by atoms with Crippen LogP contribution < -0.4 is 15.4 Å². The first-order valence-electron chi connectivity index (χ1n) is 10.3. The number of hydrogen-bond donors (Lipinski definition) is 2. The smallest absolute Gasteiger partial charge is 0.224 e. The highest BCUT2D eigenvalue weighted by atomic mass is 19.1. The topological polar surface area (TPSA) is 66.0 Å². The van der Waals surface area contributed by atoms with E-state index >= 15 is 0 Å². The number of carbonyl (C=O) groups is 1. The number of aliphatic imine (C=N–C) groups is 1. The molecular formula is C23H29FN4O2. The molecule has 0 unspecified atom stereocenters. The lowest BCUT2D eigenvalue weighted by Gasteiger charge is -2.34. The molecule has 0 spiro atoms. The number of benzene rings is 2. The number of carbonyl (C=O) groups excluding carboxylic acids is 1. The van der Waals surface area contributed by atoms with Crippen molar-refractivity contribution in [3.63, 3.8) is 0 Å². The summed E-state index contributed by atoms with van der Waals surface area (Å²) in [5.41, 5.74) is 0.790. The highest BCUT2D eigenvalue weighted by molar-refractivity contribution is 5.80. The van der Waals surface area contributed by atoms with Gasteiger partial charge in [0.2, 0.25) is 5.91 Å². The van der Waals surface area contributed by atoms with E-state index in [0.29, 0.717) is 13.1 Å². The fourth-order valence-corrected chi connectivity index (χ4v) is 3.44. The number of rotatable bonds is 7. The van der Waals surface area contributed by atoms with Gasteiger partial charge in [-0.3, -0.25) is 9.79 Å². The van der Waals surface area contributed by atoms with Crippen LogP contribution in [0, 0.1) is 5.82 Å². The minimum atomic E-state index is -0.301. The molecule has 0 bridgehead atoms. The summed E-state index contributed by atoms with van der Waals surface area (Å²) < 4.78 is 19.0. The Morgan fingerprint density at radius 1 is 1.07 bits per heavy atom. The van der Waals surface area contributed by atoms with Crippen LogP contribution >= 0.6 is 0 Å². The van der Waals surface area contributed by atoms with Crippen molar-refractivity contribution in [2.45, 2.75) is 25.4 Å². The molecule has 0 atom stereocenters. The zero-order valence-corrected chi connectivity index (χ0v) is 17.3. The van der Waals surface area contributed by atoms with Crippen LogP contribution in [0.4, 0.5) is 4.39 Å². The molecule has 2 N–H and O–H groups in total. The zero-order chi connectivity index (χ0) is 21.2. The van der Waals surface area contributed by atoms with Crippen molar-refractivity contribution in [3.8, 4) is 5.75 Å². The highest BCUT2D eigenvalue weighted by Crippen LogP contribution is 2.18. The molecule has 7 heteroatoms. The molecule has 2 aromatic rings. The van der Waals surface area contributed by atoms with E-state index in [1.165, 1.54) is 12.1 Å². The van der Waals surface area contributed by atoms with Gasteiger partial charge in [0.05, 0.1) is 6.42 Å². The largest absolute Gasteiger partial charge is 0.490 e. The quantitative estimate of drug-likeness (QED) is 0.417. The van der Waals surface area contributed by atoms with Gasteiger partial charge in [-0.1, -0.05) is 30.3 Å². The number of likely N-dealkylation sites (tertiary alicyclic amines) is 1. The van der Waals surface area contributed by atoms with Crippen LogP contribution in [0.25, 0.3) is 0 Å². The number of para-hydroxylation sites is 1. The van der Waals surface area contributed by atoms with Gasteiger partial charge in [-0.05, 0) is 29.8 Å². The number of nitrogens with zero attached hydrogens (tertiary/aromatic N) is 2. The van der Waals surface area contributed by atoms with Crippen LogP contribution in [0.1, 0.15) is 18.4 Å². The van der Waals surface area contributed by atoms with E-state index in [1.807, 2.05) is 30.3 Å². The number of guanidine groups is 1. The monoisotopic (exact) mass is 412 g/mol. The van der Waals surface area contributed by atoms with Gasteiger partial charge in [-0.15, -0.1) is 0 Å². The summed E-state index contributed by atoms with van der Waals surface area (Å²) >= 11 is 0. The van der Waals surface area contributed by atoms with Crippen LogP contribution in [0.5, 0.6) is 5.75 Å². The van der Waals surface area contributed by atoms with E-state index in [9.17, 15) is 9.18 Å². The van der Waals surface area contributed by atoms with E-state index in [-0.39, 0.29) is 24.2 Å². The van der Waals surface area contributed by atoms with Crippen LogP contribution in [0.15, 0.2) is 59.6 Å². The van der Waals surface area contributed by atoms with Gasteiger partial charge < -0.3 is 20.3 Å². The normalized spacial score (nSPS) is 15.0. The summed E-state index contributed by atoms with van der Waals surface area (Å²) in [7, 11) is 1.77. The van der Waals surface area contributed by atoms with E-state index in [4.69, 9.17) is 4.74 Å². The van der Waals surface area contributed by atoms with Crippen molar-refractivity contribution >= 4 is 11.9 Å². The van der Waals surface area contributed by atoms with E-state index in [1.54, 1.807) is 19.2 Å². The maximum atomic E-state index is 12.9. The third kappa shape index (κ3) is 6.76. The first-order chi connectivity index (χ1) is 14.6. The Bertz CT molecular complexity index is 819. The Hall–Kier alpha value is -3.09. The van der Waals surface area contributed by atoms with Crippen molar-refractivity contribution in [1.82, 2.24) is 15.5 Å². The third-order valence-corrected chi connectivity index (χ3v) is 5.01. The molecule has 30 heavy (non-hydrogen) atoms. The molecule has 1 aliphatic rings. The van der Waals surface area contributed by atoms with Crippen LogP contribution in [-0.2, 0) is 11.2 Å². The average molecular weight is 413 g/mol. The lowest BCUT2D eigenvalue weighted by molar-refractivity contribution is -0.120. The van der Waals surface area contributed by atoms with Gasteiger partial charge in [-0.2, -0.15) is 0 Å². The maximum absolute atomic E-state index is 12.9. The van der Waals surface area contributed by atoms with Crippen molar-refractivity contribution in [2.75, 3.05) is 33.2 Å². The number of piperidine rings is 1. The second kappa shape index (κ2) is 11.2. The zero-order valence-electron chi connectivity index (χ0n) is 17.3. The lowest BCUT2D eigenvalue weighted by Crippen LogP contribution is -2.48. The maximum Gasteiger partial charge on any atom is 0.224 e. The summed E-state index contributed by atoms with van der Waals surface area (Å²) in [6, 6.07) is 15.9. The highest BCUT2D eigenvalue weighted by Gasteiger charge is 2.22.